The Balaban J connectivity index is 2.01. The van der Waals surface area contributed by atoms with Crippen LogP contribution in [-0.4, -0.2) is 11.4 Å². The van der Waals surface area contributed by atoms with Gasteiger partial charge in [-0.25, -0.2) is 8.78 Å². The van der Waals surface area contributed by atoms with Crippen molar-refractivity contribution in [2.75, 3.05) is 5.88 Å². The van der Waals surface area contributed by atoms with Crippen molar-refractivity contribution >= 4 is 11.6 Å². The van der Waals surface area contributed by atoms with E-state index in [-0.39, 0.29) is 5.54 Å². The van der Waals surface area contributed by atoms with E-state index >= 15 is 0 Å². The highest BCUT2D eigenvalue weighted by atomic mass is 35.5. The van der Waals surface area contributed by atoms with Crippen LogP contribution in [0.2, 0.25) is 0 Å². The minimum atomic E-state index is -0.541. The third-order valence-corrected chi connectivity index (χ3v) is 4.25. The van der Waals surface area contributed by atoms with Gasteiger partial charge in [-0.15, -0.1) is 11.6 Å². The molecule has 1 aliphatic carbocycles. The molecule has 0 aliphatic heterocycles. The second kappa shape index (κ2) is 5.98. The Morgan fingerprint density at radius 2 is 1.89 bits per heavy atom. The van der Waals surface area contributed by atoms with Crippen molar-refractivity contribution in [2.45, 2.75) is 44.2 Å². The van der Waals surface area contributed by atoms with Crippen LogP contribution in [0.25, 0.3) is 0 Å². The van der Waals surface area contributed by atoms with E-state index in [4.69, 9.17) is 11.6 Å². The molecule has 0 amide bonds. The molecule has 1 aliphatic rings. The predicted octanol–water partition coefficient (Wildman–Crippen LogP) is 4.00. The van der Waals surface area contributed by atoms with Crippen LogP contribution in [-0.2, 0) is 6.54 Å². The number of rotatable bonds is 4. The molecule has 0 aromatic heterocycles. The summed E-state index contributed by atoms with van der Waals surface area (Å²) in [6, 6.07) is 3.70. The zero-order valence-corrected chi connectivity index (χ0v) is 11.1. The molecule has 0 bridgehead atoms. The standard InChI is InChI=1S/C14H18ClF2N/c15-10-14(6-2-1-3-7-14)18-9-11-4-5-12(16)8-13(11)17/h4-5,8,18H,1-3,6-7,9-10H2. The Labute approximate surface area is 112 Å². The van der Waals surface area contributed by atoms with E-state index in [0.29, 0.717) is 18.0 Å². The SMILES string of the molecule is Fc1ccc(CNC2(CCl)CCCCC2)c(F)c1. The minimum absolute atomic E-state index is 0.0827. The van der Waals surface area contributed by atoms with Crippen LogP contribution in [0.4, 0.5) is 8.78 Å². The van der Waals surface area contributed by atoms with Crippen molar-refractivity contribution < 1.29 is 8.78 Å². The van der Waals surface area contributed by atoms with Crippen LogP contribution in [0.5, 0.6) is 0 Å². The van der Waals surface area contributed by atoms with E-state index in [9.17, 15) is 8.78 Å². The number of halogens is 3. The van der Waals surface area contributed by atoms with Gasteiger partial charge in [-0.1, -0.05) is 25.3 Å². The third-order valence-electron chi connectivity index (χ3n) is 3.74. The lowest BCUT2D eigenvalue weighted by Crippen LogP contribution is -2.48. The summed E-state index contributed by atoms with van der Waals surface area (Å²) in [7, 11) is 0. The molecule has 2 rings (SSSR count). The molecule has 0 saturated heterocycles. The molecular weight excluding hydrogens is 256 g/mol. The summed E-state index contributed by atoms with van der Waals surface area (Å²) in [4.78, 5) is 0. The van der Waals surface area contributed by atoms with Gasteiger partial charge in [-0.3, -0.25) is 0 Å². The highest BCUT2D eigenvalue weighted by Crippen LogP contribution is 2.29. The van der Waals surface area contributed by atoms with Gasteiger partial charge in [0, 0.05) is 29.6 Å². The van der Waals surface area contributed by atoms with Crippen LogP contribution in [0, 0.1) is 11.6 Å². The van der Waals surface area contributed by atoms with Crippen LogP contribution >= 0.6 is 11.6 Å². The first-order valence-electron chi connectivity index (χ1n) is 6.40. The lowest BCUT2D eigenvalue weighted by Gasteiger charge is -2.36. The summed E-state index contributed by atoms with van der Waals surface area (Å²) in [5.41, 5.74) is 0.409. The molecule has 1 saturated carbocycles. The number of hydrogen-bond donors (Lipinski definition) is 1. The van der Waals surface area contributed by atoms with Gasteiger partial charge in [0.1, 0.15) is 11.6 Å². The van der Waals surface area contributed by atoms with Crippen molar-refractivity contribution in [1.29, 1.82) is 0 Å². The number of nitrogens with one attached hydrogen (secondary N) is 1. The van der Waals surface area contributed by atoms with E-state index in [0.717, 1.165) is 31.7 Å². The smallest absolute Gasteiger partial charge is 0.130 e. The second-order valence-electron chi connectivity index (χ2n) is 5.06. The van der Waals surface area contributed by atoms with Crippen molar-refractivity contribution in [3.8, 4) is 0 Å². The molecule has 100 valence electrons. The monoisotopic (exact) mass is 273 g/mol. The maximum Gasteiger partial charge on any atom is 0.130 e. The normalized spacial score (nSPS) is 18.8. The third kappa shape index (κ3) is 3.21. The number of benzene rings is 1. The van der Waals surface area contributed by atoms with Crippen LogP contribution < -0.4 is 5.32 Å². The lowest BCUT2D eigenvalue weighted by atomic mass is 9.83. The fraction of sp³-hybridized carbons (Fsp3) is 0.571. The quantitative estimate of drug-likeness (QED) is 0.818. The van der Waals surface area contributed by atoms with Gasteiger partial charge in [-0.2, -0.15) is 0 Å². The first kappa shape index (κ1) is 13.8. The summed E-state index contributed by atoms with van der Waals surface area (Å²) >= 11 is 6.05. The Bertz CT molecular complexity index is 403. The minimum Gasteiger partial charge on any atom is -0.306 e. The Hall–Kier alpha value is -0.670. The van der Waals surface area contributed by atoms with Gasteiger partial charge in [0.05, 0.1) is 0 Å². The highest BCUT2D eigenvalue weighted by Gasteiger charge is 2.30. The molecule has 0 heterocycles. The Kier molecular flexibility index (Phi) is 4.57. The van der Waals surface area contributed by atoms with Crippen molar-refractivity contribution in [1.82, 2.24) is 5.32 Å². The molecular formula is C14H18ClF2N. The van der Waals surface area contributed by atoms with Crippen LogP contribution in [0.3, 0.4) is 0 Å². The highest BCUT2D eigenvalue weighted by molar-refractivity contribution is 6.18. The topological polar surface area (TPSA) is 12.0 Å². The molecule has 1 aromatic rings. The van der Waals surface area contributed by atoms with Gasteiger partial charge >= 0.3 is 0 Å². The molecule has 4 heteroatoms. The average Bonchev–Trinajstić information content (AvgIpc) is 2.39. The summed E-state index contributed by atoms with van der Waals surface area (Å²) in [6.07, 6.45) is 5.61. The summed E-state index contributed by atoms with van der Waals surface area (Å²) in [5.74, 6) is -0.500. The molecule has 0 unspecified atom stereocenters. The fourth-order valence-corrected chi connectivity index (χ4v) is 2.90. The van der Waals surface area contributed by atoms with Crippen molar-refractivity contribution in [3.63, 3.8) is 0 Å². The average molecular weight is 274 g/mol. The molecule has 0 atom stereocenters. The van der Waals surface area contributed by atoms with Gasteiger partial charge in [0.25, 0.3) is 0 Å². The molecule has 0 radical (unpaired) electrons. The molecule has 1 N–H and O–H groups in total. The molecule has 0 spiro atoms. The Morgan fingerprint density at radius 1 is 1.17 bits per heavy atom. The maximum absolute atomic E-state index is 13.5. The summed E-state index contributed by atoms with van der Waals surface area (Å²) in [6.45, 7) is 0.402. The zero-order valence-electron chi connectivity index (χ0n) is 10.3. The van der Waals surface area contributed by atoms with Gasteiger partial charge < -0.3 is 5.32 Å². The molecule has 18 heavy (non-hydrogen) atoms. The van der Waals surface area contributed by atoms with E-state index in [1.54, 1.807) is 0 Å². The van der Waals surface area contributed by atoms with Crippen LogP contribution in [0.15, 0.2) is 18.2 Å². The zero-order chi connectivity index (χ0) is 13.0. The van der Waals surface area contributed by atoms with Crippen molar-refractivity contribution in [3.05, 3.63) is 35.4 Å². The maximum atomic E-state index is 13.5. The first-order valence-corrected chi connectivity index (χ1v) is 6.94. The van der Waals surface area contributed by atoms with E-state index in [2.05, 4.69) is 5.32 Å². The van der Waals surface area contributed by atoms with Crippen LogP contribution in [0.1, 0.15) is 37.7 Å². The van der Waals surface area contributed by atoms with Crippen molar-refractivity contribution in [2.24, 2.45) is 0 Å². The van der Waals surface area contributed by atoms with E-state index < -0.39 is 11.6 Å². The predicted molar refractivity (Wildman–Crippen MR) is 69.7 cm³/mol. The fourth-order valence-electron chi connectivity index (χ4n) is 2.53. The lowest BCUT2D eigenvalue weighted by molar-refractivity contribution is 0.255. The number of hydrogen-bond acceptors (Lipinski definition) is 1. The number of alkyl halides is 1. The Morgan fingerprint density at radius 3 is 2.50 bits per heavy atom. The van der Waals surface area contributed by atoms with Gasteiger partial charge in [0.2, 0.25) is 0 Å². The van der Waals surface area contributed by atoms with Gasteiger partial charge in [-0.05, 0) is 18.9 Å². The molecule has 1 aromatic carbocycles. The summed E-state index contributed by atoms with van der Waals surface area (Å²) in [5, 5.41) is 3.37. The first-order chi connectivity index (χ1) is 8.65. The summed E-state index contributed by atoms with van der Waals surface area (Å²) < 4.78 is 26.3. The largest absolute Gasteiger partial charge is 0.306 e. The molecule has 1 fully saturated rings. The van der Waals surface area contributed by atoms with Gasteiger partial charge in [0.15, 0.2) is 0 Å². The molecule has 1 nitrogen and oxygen atoms in total. The second-order valence-corrected chi connectivity index (χ2v) is 5.33. The van der Waals surface area contributed by atoms with E-state index in [1.165, 1.54) is 18.6 Å². The van der Waals surface area contributed by atoms with E-state index in [1.807, 2.05) is 0 Å².